The van der Waals surface area contributed by atoms with Crippen LogP contribution in [-0.4, -0.2) is 15.0 Å². The molecule has 4 nitrogen and oxygen atoms in total. The highest BCUT2D eigenvalue weighted by atomic mass is 32.2. The summed E-state index contributed by atoms with van der Waals surface area (Å²) in [6.45, 7) is 0.455. The summed E-state index contributed by atoms with van der Waals surface area (Å²) in [5, 5.41) is 0. The van der Waals surface area contributed by atoms with Crippen LogP contribution in [0.2, 0.25) is 0 Å². The summed E-state index contributed by atoms with van der Waals surface area (Å²) in [5.74, 6) is 0.0384. The van der Waals surface area contributed by atoms with Crippen LogP contribution < -0.4 is 10.5 Å². The van der Waals surface area contributed by atoms with Crippen LogP contribution in [0.15, 0.2) is 23.1 Å². The van der Waals surface area contributed by atoms with Crippen molar-refractivity contribution in [2.24, 2.45) is 11.3 Å². The van der Waals surface area contributed by atoms with E-state index in [2.05, 4.69) is 4.72 Å². The van der Waals surface area contributed by atoms with Gasteiger partial charge in [-0.1, -0.05) is 0 Å². The number of anilines is 1. The lowest BCUT2D eigenvalue weighted by molar-refractivity contribution is 0.432. The van der Waals surface area contributed by atoms with Gasteiger partial charge in [0.1, 0.15) is 5.82 Å². The number of hydrogen-bond acceptors (Lipinski definition) is 3. The first-order valence-corrected chi connectivity index (χ1v) is 7.95. The van der Waals surface area contributed by atoms with Crippen LogP contribution in [0.4, 0.5) is 10.1 Å². The fourth-order valence-corrected chi connectivity index (χ4v) is 3.85. The van der Waals surface area contributed by atoms with Crippen molar-refractivity contribution >= 4 is 15.7 Å². The number of nitrogen functional groups attached to an aromatic ring is 1. The fourth-order valence-electron chi connectivity index (χ4n) is 2.65. The first kappa shape index (κ1) is 12.9. The van der Waals surface area contributed by atoms with Gasteiger partial charge in [0.15, 0.2) is 0 Å². The minimum atomic E-state index is -3.67. The Morgan fingerprint density at radius 2 is 2.00 bits per heavy atom. The second-order valence-electron chi connectivity index (χ2n) is 5.68. The maximum atomic E-state index is 13.2. The van der Waals surface area contributed by atoms with E-state index in [0.29, 0.717) is 12.5 Å². The Balaban J connectivity index is 1.75. The molecule has 0 spiro atoms. The van der Waals surface area contributed by atoms with Crippen molar-refractivity contribution in [3.05, 3.63) is 24.0 Å². The molecule has 0 heterocycles. The second-order valence-corrected chi connectivity index (χ2v) is 7.45. The molecule has 2 saturated carbocycles. The number of nitrogens with one attached hydrogen (secondary N) is 1. The third-order valence-electron chi connectivity index (χ3n) is 4.15. The van der Waals surface area contributed by atoms with Gasteiger partial charge in [-0.05, 0) is 55.2 Å². The average Bonchev–Trinajstić information content (AvgIpc) is 3.17. The van der Waals surface area contributed by atoms with Gasteiger partial charge in [0.05, 0.1) is 4.90 Å². The molecule has 1 aromatic rings. The van der Waals surface area contributed by atoms with Crippen LogP contribution in [0.1, 0.15) is 25.7 Å². The molecule has 104 valence electrons. The van der Waals surface area contributed by atoms with Crippen molar-refractivity contribution < 1.29 is 12.8 Å². The maximum Gasteiger partial charge on any atom is 0.240 e. The minimum absolute atomic E-state index is 0.100. The number of benzene rings is 1. The summed E-state index contributed by atoms with van der Waals surface area (Å²) >= 11 is 0. The van der Waals surface area contributed by atoms with Crippen LogP contribution in [-0.2, 0) is 10.0 Å². The van der Waals surface area contributed by atoms with Crippen LogP contribution in [0.3, 0.4) is 0 Å². The predicted molar refractivity (Wildman–Crippen MR) is 70.4 cm³/mol. The zero-order chi connectivity index (χ0) is 13.7. The third-order valence-corrected chi connectivity index (χ3v) is 5.53. The zero-order valence-corrected chi connectivity index (χ0v) is 11.3. The van der Waals surface area contributed by atoms with Crippen molar-refractivity contribution in [1.82, 2.24) is 4.72 Å². The largest absolute Gasteiger partial charge is 0.399 e. The minimum Gasteiger partial charge on any atom is -0.399 e. The Labute approximate surface area is 112 Å². The van der Waals surface area contributed by atoms with Crippen LogP contribution in [0.25, 0.3) is 0 Å². The lowest BCUT2D eigenvalue weighted by Gasteiger charge is -2.15. The first-order valence-electron chi connectivity index (χ1n) is 6.47. The summed E-state index contributed by atoms with van der Waals surface area (Å²) in [4.78, 5) is -0.100. The topological polar surface area (TPSA) is 72.2 Å². The van der Waals surface area contributed by atoms with E-state index in [-0.39, 0.29) is 16.0 Å². The van der Waals surface area contributed by atoms with Crippen molar-refractivity contribution in [3.8, 4) is 0 Å². The van der Waals surface area contributed by atoms with Gasteiger partial charge < -0.3 is 5.73 Å². The van der Waals surface area contributed by atoms with E-state index < -0.39 is 15.8 Å². The molecule has 0 aliphatic heterocycles. The van der Waals surface area contributed by atoms with Crippen molar-refractivity contribution in [2.75, 3.05) is 12.3 Å². The Hall–Kier alpha value is -1.14. The van der Waals surface area contributed by atoms with Gasteiger partial charge in [-0.3, -0.25) is 0 Å². The van der Waals surface area contributed by atoms with E-state index in [4.69, 9.17) is 5.73 Å². The molecule has 2 aliphatic carbocycles. The van der Waals surface area contributed by atoms with E-state index in [1.165, 1.54) is 18.9 Å². The van der Waals surface area contributed by atoms with E-state index in [1.807, 2.05) is 0 Å². The van der Waals surface area contributed by atoms with Crippen molar-refractivity contribution in [1.29, 1.82) is 0 Å². The number of sulfonamides is 1. The highest BCUT2D eigenvalue weighted by Gasteiger charge is 2.53. The standard InChI is InChI=1S/C13H17FN2O2S/c14-10-5-11(15)7-12(6-10)19(17,18)16-8-13(3-4-13)9-1-2-9/h5-7,9,16H,1-4,8,15H2. The second kappa shape index (κ2) is 4.18. The highest BCUT2D eigenvalue weighted by molar-refractivity contribution is 7.89. The first-order chi connectivity index (χ1) is 8.91. The van der Waals surface area contributed by atoms with Gasteiger partial charge in [0, 0.05) is 12.2 Å². The predicted octanol–water partition coefficient (Wildman–Crippen LogP) is 1.88. The van der Waals surface area contributed by atoms with Crippen molar-refractivity contribution in [2.45, 2.75) is 30.6 Å². The van der Waals surface area contributed by atoms with Crippen molar-refractivity contribution in [3.63, 3.8) is 0 Å². The fraction of sp³-hybridized carbons (Fsp3) is 0.538. The van der Waals surface area contributed by atoms with E-state index in [1.54, 1.807) is 0 Å². The molecular weight excluding hydrogens is 267 g/mol. The van der Waals surface area contributed by atoms with Crippen LogP contribution in [0, 0.1) is 17.2 Å². The monoisotopic (exact) mass is 284 g/mol. The summed E-state index contributed by atoms with van der Waals surface area (Å²) in [7, 11) is -3.67. The summed E-state index contributed by atoms with van der Waals surface area (Å²) in [6.07, 6.45) is 4.58. The van der Waals surface area contributed by atoms with Gasteiger partial charge in [0.25, 0.3) is 0 Å². The zero-order valence-electron chi connectivity index (χ0n) is 10.5. The molecule has 0 saturated heterocycles. The molecule has 2 aliphatic rings. The molecule has 0 bridgehead atoms. The van der Waals surface area contributed by atoms with Gasteiger partial charge >= 0.3 is 0 Å². The van der Waals surface area contributed by atoms with Crippen LogP contribution >= 0.6 is 0 Å². The summed E-state index contributed by atoms with van der Waals surface area (Å²) in [6, 6.07) is 3.38. The number of hydrogen-bond donors (Lipinski definition) is 2. The molecule has 2 fully saturated rings. The van der Waals surface area contributed by atoms with Gasteiger partial charge in [-0.15, -0.1) is 0 Å². The Morgan fingerprint density at radius 3 is 2.53 bits per heavy atom. The summed E-state index contributed by atoms with van der Waals surface area (Å²) < 4.78 is 40.1. The van der Waals surface area contributed by atoms with Gasteiger partial charge in [-0.2, -0.15) is 0 Å². The molecule has 0 atom stereocenters. The quantitative estimate of drug-likeness (QED) is 0.811. The molecule has 0 amide bonds. The normalized spacial score (nSPS) is 21.3. The van der Waals surface area contributed by atoms with Crippen LogP contribution in [0.5, 0.6) is 0 Å². The summed E-state index contributed by atoms with van der Waals surface area (Å²) in [5.41, 5.74) is 5.76. The van der Waals surface area contributed by atoms with Gasteiger partial charge in [0.2, 0.25) is 10.0 Å². The van der Waals surface area contributed by atoms with E-state index >= 15 is 0 Å². The smallest absolute Gasteiger partial charge is 0.240 e. The maximum absolute atomic E-state index is 13.2. The molecule has 0 aromatic heterocycles. The SMILES string of the molecule is Nc1cc(F)cc(S(=O)(=O)NCC2(C3CC3)CC2)c1. The molecule has 0 radical (unpaired) electrons. The Kier molecular flexibility index (Phi) is 2.83. The molecule has 3 N–H and O–H groups in total. The van der Waals surface area contributed by atoms with E-state index in [9.17, 15) is 12.8 Å². The lowest BCUT2D eigenvalue weighted by atomic mass is 10.0. The average molecular weight is 284 g/mol. The number of rotatable bonds is 5. The molecule has 1 aromatic carbocycles. The Morgan fingerprint density at radius 1 is 1.32 bits per heavy atom. The Bertz CT molecular complexity index is 587. The molecule has 0 unspecified atom stereocenters. The number of nitrogens with two attached hydrogens (primary N) is 1. The van der Waals surface area contributed by atoms with E-state index in [0.717, 1.165) is 25.0 Å². The molecule has 3 rings (SSSR count). The molecule has 6 heteroatoms. The number of halogens is 1. The highest BCUT2D eigenvalue weighted by Crippen LogP contribution is 2.60. The third kappa shape index (κ3) is 2.60. The molecular formula is C13H17FN2O2S. The lowest BCUT2D eigenvalue weighted by Crippen LogP contribution is -2.31. The van der Waals surface area contributed by atoms with Gasteiger partial charge in [-0.25, -0.2) is 17.5 Å². The molecule has 19 heavy (non-hydrogen) atoms.